The molecule has 0 unspecified atom stereocenters. The highest BCUT2D eigenvalue weighted by atomic mass is 32.2. The number of likely N-dealkylation sites (tertiary alicyclic amines) is 1. The van der Waals surface area contributed by atoms with Crippen LogP contribution in [0, 0.1) is 0 Å². The summed E-state index contributed by atoms with van der Waals surface area (Å²) in [6.45, 7) is 5.83. The number of hydrogen-bond donors (Lipinski definition) is 0. The highest BCUT2D eigenvalue weighted by molar-refractivity contribution is 7.99. The maximum Gasteiger partial charge on any atom is 0.277 e. The van der Waals surface area contributed by atoms with Crippen molar-refractivity contribution in [1.29, 1.82) is 0 Å². The van der Waals surface area contributed by atoms with Crippen molar-refractivity contribution in [3.8, 4) is 0 Å². The summed E-state index contributed by atoms with van der Waals surface area (Å²) < 4.78 is 0. The minimum Gasteiger partial charge on any atom is -0.339 e. The Morgan fingerprint density at radius 2 is 1.94 bits per heavy atom. The second-order valence-electron chi connectivity index (χ2n) is 8.78. The molecule has 6 nitrogen and oxygen atoms in total. The van der Waals surface area contributed by atoms with Crippen molar-refractivity contribution >= 4 is 40.6 Å². The smallest absolute Gasteiger partial charge is 0.277 e. The number of rotatable bonds is 6. The fourth-order valence-corrected chi connectivity index (χ4v) is 6.45. The molecule has 2 aromatic heterocycles. The van der Waals surface area contributed by atoms with Crippen LogP contribution in [0.4, 0.5) is 5.69 Å². The van der Waals surface area contributed by atoms with Crippen LogP contribution in [0.15, 0.2) is 65.7 Å². The molecular formula is C27H28N4O2S2. The maximum atomic E-state index is 13.3. The van der Waals surface area contributed by atoms with E-state index in [1.165, 1.54) is 17.3 Å². The summed E-state index contributed by atoms with van der Waals surface area (Å²) >= 11 is 3.09. The van der Waals surface area contributed by atoms with Crippen LogP contribution < -0.4 is 4.90 Å². The van der Waals surface area contributed by atoms with Crippen LogP contribution >= 0.6 is 23.1 Å². The van der Waals surface area contributed by atoms with E-state index in [1.54, 1.807) is 17.5 Å². The molecule has 1 saturated heterocycles. The number of fused-ring (bicyclic) bond motifs is 1. The lowest BCUT2D eigenvalue weighted by Crippen LogP contribution is -2.38. The number of carbonyl (C=O) groups excluding carboxylic acids is 2. The van der Waals surface area contributed by atoms with Crippen molar-refractivity contribution in [3.63, 3.8) is 0 Å². The third-order valence-electron chi connectivity index (χ3n) is 6.57. The second-order valence-corrected chi connectivity index (χ2v) is 10.7. The van der Waals surface area contributed by atoms with Gasteiger partial charge in [0.1, 0.15) is 10.7 Å². The van der Waals surface area contributed by atoms with E-state index in [0.717, 1.165) is 47.9 Å². The van der Waals surface area contributed by atoms with E-state index in [2.05, 4.69) is 17.6 Å². The predicted octanol–water partition coefficient (Wildman–Crippen LogP) is 5.43. The van der Waals surface area contributed by atoms with Gasteiger partial charge in [0.05, 0.1) is 10.6 Å². The number of carbonyl (C=O) groups is 2. The molecule has 0 N–H and O–H groups in total. The molecule has 0 saturated carbocycles. The Bertz CT molecular complexity index is 1230. The van der Waals surface area contributed by atoms with Crippen molar-refractivity contribution in [2.75, 3.05) is 30.3 Å². The normalized spacial score (nSPS) is 16.1. The third-order valence-corrected chi connectivity index (χ3v) is 8.58. The highest BCUT2D eigenvalue weighted by Crippen LogP contribution is 2.33. The summed E-state index contributed by atoms with van der Waals surface area (Å²) in [6, 6.07) is 11.8. The standard InChI is InChI=1S/C27H28N4O2S2/c1-2-17-34-25-21(9-5-13-28-25)26(32)30-15-11-20(12-16-30)24-29-22(18-35-24)27(33)31-14-6-8-19-7-3-4-10-23(19)31/h2-5,7,9-10,13,18,20H,1,6,8,11-12,14-17H2. The lowest BCUT2D eigenvalue weighted by atomic mass is 9.97. The van der Waals surface area contributed by atoms with Crippen LogP contribution in [0.25, 0.3) is 0 Å². The van der Waals surface area contributed by atoms with Crippen LogP contribution in [-0.2, 0) is 6.42 Å². The van der Waals surface area contributed by atoms with Crippen molar-refractivity contribution < 1.29 is 9.59 Å². The van der Waals surface area contributed by atoms with Crippen LogP contribution in [0.1, 0.15) is 56.6 Å². The molecule has 1 aromatic carbocycles. The zero-order valence-electron chi connectivity index (χ0n) is 19.6. The fraction of sp³-hybridized carbons (Fsp3) is 0.333. The number of anilines is 1. The van der Waals surface area contributed by atoms with Crippen LogP contribution in [0.2, 0.25) is 0 Å². The average Bonchev–Trinajstić information content (AvgIpc) is 3.41. The first-order valence-corrected chi connectivity index (χ1v) is 13.9. The fourth-order valence-electron chi connectivity index (χ4n) is 4.76. The largest absolute Gasteiger partial charge is 0.339 e. The van der Waals surface area contributed by atoms with Gasteiger partial charge in [0.2, 0.25) is 0 Å². The average molecular weight is 505 g/mol. The molecule has 2 aliphatic rings. The van der Waals surface area contributed by atoms with Gasteiger partial charge < -0.3 is 9.80 Å². The molecule has 0 radical (unpaired) electrons. The molecule has 0 spiro atoms. The van der Waals surface area contributed by atoms with E-state index in [9.17, 15) is 9.59 Å². The molecule has 0 atom stereocenters. The number of amides is 2. The van der Waals surface area contributed by atoms with Crippen molar-refractivity contribution in [2.45, 2.75) is 36.6 Å². The summed E-state index contributed by atoms with van der Waals surface area (Å²) in [6.07, 6.45) is 7.20. The molecule has 0 bridgehead atoms. The first-order valence-electron chi connectivity index (χ1n) is 12.0. The Kier molecular flexibility index (Phi) is 7.29. The van der Waals surface area contributed by atoms with Gasteiger partial charge in [-0.2, -0.15) is 0 Å². The Morgan fingerprint density at radius 1 is 1.11 bits per heavy atom. The Balaban J connectivity index is 1.23. The SMILES string of the molecule is C=CCSc1ncccc1C(=O)N1CCC(c2nc(C(=O)N3CCCc4ccccc43)cs2)CC1. The van der Waals surface area contributed by atoms with E-state index in [-0.39, 0.29) is 17.7 Å². The number of piperidine rings is 1. The summed E-state index contributed by atoms with van der Waals surface area (Å²) in [7, 11) is 0. The van der Waals surface area contributed by atoms with Crippen molar-refractivity contribution in [3.05, 3.63) is 82.5 Å². The quantitative estimate of drug-likeness (QED) is 0.331. The van der Waals surface area contributed by atoms with E-state index >= 15 is 0 Å². The molecule has 8 heteroatoms. The Hall–Kier alpha value is -2.97. The number of thiazole rings is 1. The molecule has 5 rings (SSSR count). The zero-order valence-corrected chi connectivity index (χ0v) is 21.2. The monoisotopic (exact) mass is 504 g/mol. The molecule has 180 valence electrons. The lowest BCUT2D eigenvalue weighted by molar-refractivity contribution is 0.0708. The summed E-state index contributed by atoms with van der Waals surface area (Å²) in [5.41, 5.74) is 3.41. The molecular weight excluding hydrogens is 476 g/mol. The van der Waals surface area contributed by atoms with E-state index < -0.39 is 0 Å². The summed E-state index contributed by atoms with van der Waals surface area (Å²) in [5, 5.41) is 3.64. The minimum absolute atomic E-state index is 0.0200. The van der Waals surface area contributed by atoms with Gasteiger partial charge in [0.15, 0.2) is 0 Å². The minimum atomic E-state index is -0.0200. The number of para-hydroxylation sites is 1. The Labute approximate surface area is 214 Å². The second kappa shape index (κ2) is 10.7. The highest BCUT2D eigenvalue weighted by Gasteiger charge is 2.30. The molecule has 0 aliphatic carbocycles. The number of benzene rings is 1. The maximum absolute atomic E-state index is 13.3. The van der Waals surface area contributed by atoms with Crippen LogP contribution in [-0.4, -0.2) is 52.1 Å². The molecule has 1 fully saturated rings. The van der Waals surface area contributed by atoms with Gasteiger partial charge in [-0.25, -0.2) is 9.97 Å². The first-order chi connectivity index (χ1) is 17.2. The number of aryl methyl sites for hydroxylation is 1. The van der Waals surface area contributed by atoms with E-state index in [4.69, 9.17) is 4.98 Å². The summed E-state index contributed by atoms with van der Waals surface area (Å²) in [5.74, 6) is 0.992. The van der Waals surface area contributed by atoms with E-state index in [0.29, 0.717) is 30.1 Å². The van der Waals surface area contributed by atoms with Crippen LogP contribution in [0.5, 0.6) is 0 Å². The number of nitrogens with zero attached hydrogens (tertiary/aromatic N) is 4. The zero-order chi connectivity index (χ0) is 24.2. The van der Waals surface area contributed by atoms with Gasteiger partial charge in [-0.05, 0) is 49.4 Å². The third kappa shape index (κ3) is 5.04. The number of hydrogen-bond acceptors (Lipinski definition) is 6. The first kappa shape index (κ1) is 23.8. The topological polar surface area (TPSA) is 66.4 Å². The van der Waals surface area contributed by atoms with Gasteiger partial charge in [0, 0.05) is 48.6 Å². The van der Waals surface area contributed by atoms with Crippen molar-refractivity contribution in [2.24, 2.45) is 0 Å². The van der Waals surface area contributed by atoms with Gasteiger partial charge >= 0.3 is 0 Å². The van der Waals surface area contributed by atoms with E-state index in [1.807, 2.05) is 51.6 Å². The molecule has 3 aromatic rings. The molecule has 35 heavy (non-hydrogen) atoms. The van der Waals surface area contributed by atoms with Gasteiger partial charge in [-0.15, -0.1) is 29.7 Å². The van der Waals surface area contributed by atoms with Gasteiger partial charge in [0.25, 0.3) is 11.8 Å². The molecule has 2 aliphatic heterocycles. The molecule has 2 amide bonds. The Morgan fingerprint density at radius 3 is 2.77 bits per heavy atom. The molecule has 4 heterocycles. The lowest BCUT2D eigenvalue weighted by Gasteiger charge is -2.31. The van der Waals surface area contributed by atoms with Crippen molar-refractivity contribution in [1.82, 2.24) is 14.9 Å². The number of thioether (sulfide) groups is 1. The summed E-state index contributed by atoms with van der Waals surface area (Å²) in [4.78, 5) is 39.4. The van der Waals surface area contributed by atoms with Gasteiger partial charge in [-0.1, -0.05) is 24.3 Å². The number of aromatic nitrogens is 2. The predicted molar refractivity (Wildman–Crippen MR) is 142 cm³/mol. The number of pyridine rings is 1. The van der Waals surface area contributed by atoms with Gasteiger partial charge in [-0.3, -0.25) is 9.59 Å². The van der Waals surface area contributed by atoms with Crippen LogP contribution in [0.3, 0.4) is 0 Å².